The number of nitrogens with zero attached hydrogens (tertiary/aromatic N) is 1. The smallest absolute Gasteiger partial charge is 0.406 e. The molecule has 4 aromatic rings. The van der Waals surface area contributed by atoms with Crippen molar-refractivity contribution in [1.29, 1.82) is 0 Å². The molecule has 0 saturated carbocycles. The van der Waals surface area contributed by atoms with E-state index in [1.807, 2.05) is 30.3 Å². The molecule has 0 aliphatic heterocycles. The van der Waals surface area contributed by atoms with Gasteiger partial charge in [0, 0.05) is 35.5 Å². The normalized spacial score (nSPS) is 11.3. The van der Waals surface area contributed by atoms with Crippen LogP contribution in [0.4, 0.5) is 17.6 Å². The molecule has 0 atom stereocenters. The highest BCUT2D eigenvalue weighted by atomic mass is 19.4. The number of hydrogen-bond donors (Lipinski definition) is 0. The average molecular weight is 481 g/mol. The minimum absolute atomic E-state index is 0.158. The second-order valence-corrected chi connectivity index (χ2v) is 7.77. The predicted octanol–water partition coefficient (Wildman–Crippen LogP) is 6.36. The molecule has 0 bridgehead atoms. The summed E-state index contributed by atoms with van der Waals surface area (Å²) < 4.78 is 56.0. The van der Waals surface area contributed by atoms with E-state index in [0.29, 0.717) is 17.5 Å². The second kappa shape index (κ2) is 9.97. The number of benzene rings is 3. The lowest BCUT2D eigenvalue weighted by Crippen LogP contribution is -2.20. The number of aromatic nitrogens is 1. The van der Waals surface area contributed by atoms with Crippen LogP contribution in [0.5, 0.6) is 5.75 Å². The highest BCUT2D eigenvalue weighted by molar-refractivity contribution is 6.02. The van der Waals surface area contributed by atoms with Gasteiger partial charge in [-0.15, -0.1) is 13.2 Å². The summed E-state index contributed by atoms with van der Waals surface area (Å²) in [6.45, 7) is 0. The first kappa shape index (κ1) is 23.9. The van der Waals surface area contributed by atoms with E-state index >= 15 is 0 Å². The van der Waals surface area contributed by atoms with Crippen LogP contribution in [-0.4, -0.2) is 16.7 Å². The van der Waals surface area contributed by atoms with Gasteiger partial charge < -0.3 is 4.74 Å². The summed E-state index contributed by atoms with van der Waals surface area (Å²) in [5.41, 5.74) is 1.81. The first-order valence-electron chi connectivity index (χ1n) is 10.7. The van der Waals surface area contributed by atoms with E-state index in [2.05, 4.69) is 4.74 Å². The molecule has 0 fully saturated rings. The molecule has 8 heteroatoms. The van der Waals surface area contributed by atoms with Gasteiger partial charge in [-0.05, 0) is 53.9 Å². The Labute approximate surface area is 198 Å². The van der Waals surface area contributed by atoms with Crippen LogP contribution in [0.1, 0.15) is 22.3 Å². The van der Waals surface area contributed by atoms with Crippen molar-refractivity contribution >= 4 is 5.78 Å². The van der Waals surface area contributed by atoms with Gasteiger partial charge in [-0.3, -0.25) is 14.2 Å². The topological polar surface area (TPSA) is 48.3 Å². The van der Waals surface area contributed by atoms with E-state index in [1.54, 1.807) is 0 Å². The van der Waals surface area contributed by atoms with E-state index in [-0.39, 0.29) is 23.5 Å². The number of alkyl halides is 3. The highest BCUT2D eigenvalue weighted by Crippen LogP contribution is 2.27. The number of Topliss-reactive ketones (excluding diaryl/α,β-unsaturated/α-hetero) is 1. The molecular formula is C27H19F4NO3. The average Bonchev–Trinajstić information content (AvgIpc) is 2.83. The molecular weight excluding hydrogens is 462 g/mol. The first-order valence-corrected chi connectivity index (χ1v) is 10.7. The van der Waals surface area contributed by atoms with Crippen molar-refractivity contribution in [3.05, 3.63) is 118 Å². The summed E-state index contributed by atoms with van der Waals surface area (Å²) in [5, 5.41) is 0. The number of hydrogen-bond acceptors (Lipinski definition) is 3. The highest BCUT2D eigenvalue weighted by Gasteiger charge is 2.31. The van der Waals surface area contributed by atoms with Crippen LogP contribution in [0.2, 0.25) is 0 Å². The van der Waals surface area contributed by atoms with Crippen LogP contribution in [0.3, 0.4) is 0 Å². The van der Waals surface area contributed by atoms with Crippen LogP contribution in [0, 0.1) is 5.82 Å². The summed E-state index contributed by atoms with van der Waals surface area (Å²) in [7, 11) is 0. The minimum atomic E-state index is -4.84. The van der Waals surface area contributed by atoms with E-state index in [9.17, 15) is 27.2 Å². The maximum absolute atomic E-state index is 13.5. The molecule has 0 unspecified atom stereocenters. The molecule has 0 radical (unpaired) electrons. The number of rotatable bonds is 7. The fourth-order valence-electron chi connectivity index (χ4n) is 3.67. The number of aryl methyl sites for hydroxylation is 1. The third-order valence-corrected chi connectivity index (χ3v) is 5.34. The fraction of sp³-hybridized carbons (Fsp3) is 0.111. The van der Waals surface area contributed by atoms with Crippen LogP contribution in [0.25, 0.3) is 16.8 Å². The molecule has 1 heterocycles. The fourth-order valence-corrected chi connectivity index (χ4v) is 3.67. The van der Waals surface area contributed by atoms with Crippen molar-refractivity contribution in [1.82, 2.24) is 4.57 Å². The van der Waals surface area contributed by atoms with Crippen molar-refractivity contribution < 1.29 is 27.1 Å². The number of pyridine rings is 1. The van der Waals surface area contributed by atoms with E-state index < -0.39 is 23.5 Å². The van der Waals surface area contributed by atoms with Crippen LogP contribution in [-0.2, 0) is 6.42 Å². The second-order valence-electron chi connectivity index (χ2n) is 7.77. The lowest BCUT2D eigenvalue weighted by molar-refractivity contribution is -0.274. The largest absolute Gasteiger partial charge is 0.573 e. The Morgan fingerprint density at radius 2 is 1.54 bits per heavy atom. The summed E-state index contributed by atoms with van der Waals surface area (Å²) in [5.74, 6) is -1.15. The van der Waals surface area contributed by atoms with Crippen molar-refractivity contribution in [3.63, 3.8) is 0 Å². The molecule has 4 nitrogen and oxygen atoms in total. The zero-order chi connectivity index (χ0) is 25.0. The molecule has 0 spiro atoms. The molecule has 0 aliphatic carbocycles. The Bertz CT molecular complexity index is 1380. The number of carbonyl (C=O) groups excluding carboxylic acids is 1. The molecule has 35 heavy (non-hydrogen) atoms. The van der Waals surface area contributed by atoms with E-state index in [1.165, 1.54) is 53.2 Å². The van der Waals surface area contributed by atoms with Crippen LogP contribution in [0.15, 0.2) is 95.9 Å². The maximum atomic E-state index is 13.5. The van der Waals surface area contributed by atoms with Gasteiger partial charge in [0.15, 0.2) is 5.78 Å². The molecule has 4 rings (SSSR count). The van der Waals surface area contributed by atoms with Gasteiger partial charge in [0.05, 0.1) is 0 Å². The summed E-state index contributed by atoms with van der Waals surface area (Å²) in [6, 6.07) is 20.9. The van der Waals surface area contributed by atoms with Gasteiger partial charge >= 0.3 is 6.36 Å². The van der Waals surface area contributed by atoms with Crippen LogP contribution >= 0.6 is 0 Å². The zero-order valence-corrected chi connectivity index (χ0v) is 18.3. The minimum Gasteiger partial charge on any atom is -0.406 e. The Hall–Kier alpha value is -4.20. The van der Waals surface area contributed by atoms with Gasteiger partial charge in [-0.1, -0.05) is 42.5 Å². The molecule has 178 valence electrons. The molecule has 0 amide bonds. The van der Waals surface area contributed by atoms with E-state index in [0.717, 1.165) is 17.7 Å². The zero-order valence-electron chi connectivity index (χ0n) is 18.3. The maximum Gasteiger partial charge on any atom is 0.573 e. The summed E-state index contributed by atoms with van der Waals surface area (Å²) >= 11 is 0. The van der Waals surface area contributed by atoms with Crippen molar-refractivity contribution in [2.24, 2.45) is 0 Å². The summed E-state index contributed by atoms with van der Waals surface area (Å²) in [4.78, 5) is 26.0. The number of halogens is 4. The number of carbonyl (C=O) groups is 1. The molecule has 0 aliphatic rings. The first-order chi connectivity index (χ1) is 16.7. The Morgan fingerprint density at radius 3 is 2.17 bits per heavy atom. The monoisotopic (exact) mass is 481 g/mol. The standard InChI is InChI=1S/C27H19F4NO3/c28-20-9-7-19(8-10-20)24-17-32(21-11-13-22(14-12-21)35-27(29,30)31)26(34)16-23(24)25(33)15-6-18-4-2-1-3-5-18/h1-5,7-14,16-17H,6,15H2. The lowest BCUT2D eigenvalue weighted by Gasteiger charge is -2.14. The quantitative estimate of drug-likeness (QED) is 0.228. The molecule has 3 aromatic carbocycles. The van der Waals surface area contributed by atoms with Gasteiger partial charge in [-0.25, -0.2) is 4.39 Å². The van der Waals surface area contributed by atoms with Gasteiger partial charge in [0.25, 0.3) is 5.56 Å². The third-order valence-electron chi connectivity index (χ3n) is 5.34. The number of ketones is 1. The van der Waals surface area contributed by atoms with Crippen molar-refractivity contribution in [2.45, 2.75) is 19.2 Å². The number of ether oxygens (including phenoxy) is 1. The predicted molar refractivity (Wildman–Crippen MR) is 123 cm³/mol. The van der Waals surface area contributed by atoms with E-state index in [4.69, 9.17) is 0 Å². The van der Waals surface area contributed by atoms with Gasteiger partial charge in [-0.2, -0.15) is 0 Å². The van der Waals surface area contributed by atoms with Crippen molar-refractivity contribution in [3.8, 4) is 22.6 Å². The SMILES string of the molecule is O=C(CCc1ccccc1)c1cc(=O)n(-c2ccc(OC(F)(F)F)cc2)cc1-c1ccc(F)cc1. The molecule has 0 saturated heterocycles. The summed E-state index contributed by atoms with van der Waals surface area (Å²) in [6.07, 6.45) is -2.77. The third kappa shape index (κ3) is 6.03. The lowest BCUT2D eigenvalue weighted by atomic mass is 9.95. The molecule has 0 N–H and O–H groups in total. The molecule has 1 aromatic heterocycles. The van der Waals surface area contributed by atoms with Crippen LogP contribution < -0.4 is 10.3 Å². The Morgan fingerprint density at radius 1 is 0.886 bits per heavy atom. The Kier molecular flexibility index (Phi) is 6.82. The van der Waals surface area contributed by atoms with Crippen molar-refractivity contribution in [2.75, 3.05) is 0 Å². The van der Waals surface area contributed by atoms with Gasteiger partial charge in [0.1, 0.15) is 11.6 Å². The Balaban J connectivity index is 1.72. The van der Waals surface area contributed by atoms with Gasteiger partial charge in [0.2, 0.25) is 0 Å².